The molecule has 0 unspecified atom stereocenters. The molecule has 6 heteroatoms. The second-order valence-corrected chi connectivity index (χ2v) is 4.68. The molecule has 0 saturated heterocycles. The van der Waals surface area contributed by atoms with E-state index in [-0.39, 0.29) is 11.9 Å². The van der Waals surface area contributed by atoms with E-state index >= 15 is 0 Å². The molecular weight excluding hydrogens is 268 g/mol. The van der Waals surface area contributed by atoms with Crippen molar-refractivity contribution in [1.82, 2.24) is 4.98 Å². The summed E-state index contributed by atoms with van der Waals surface area (Å²) < 4.78 is 5.06. The lowest BCUT2D eigenvalue weighted by molar-refractivity contribution is -0.156. The molecule has 0 saturated carbocycles. The van der Waals surface area contributed by atoms with Gasteiger partial charge in [0.2, 0.25) is 0 Å². The number of hydrogen-bond donors (Lipinski definition) is 1. The minimum Gasteiger partial charge on any atom is -0.452 e. The van der Waals surface area contributed by atoms with Crippen molar-refractivity contribution in [2.45, 2.75) is 33.3 Å². The van der Waals surface area contributed by atoms with Crippen LogP contribution in [0.15, 0.2) is 18.3 Å². The summed E-state index contributed by atoms with van der Waals surface area (Å²) in [6.07, 6.45) is 1.23. The summed E-state index contributed by atoms with van der Waals surface area (Å²) in [6, 6.07) is 3.18. The smallest absolute Gasteiger partial charge is 0.309 e. The van der Waals surface area contributed by atoms with E-state index in [1.54, 1.807) is 19.1 Å². The molecule has 0 aliphatic heterocycles. The Kier molecular flexibility index (Phi) is 5.76. The van der Waals surface area contributed by atoms with E-state index in [4.69, 9.17) is 16.3 Å². The van der Waals surface area contributed by atoms with Crippen LogP contribution in [0.5, 0.6) is 0 Å². The summed E-state index contributed by atoms with van der Waals surface area (Å²) in [7, 11) is 0. The first-order valence-electron chi connectivity index (χ1n) is 6.07. The number of carbonyl (C=O) groups is 2. The number of hydrogen-bond acceptors (Lipinski definition) is 4. The Hall–Kier alpha value is -1.62. The van der Waals surface area contributed by atoms with Gasteiger partial charge in [-0.3, -0.25) is 9.59 Å². The molecule has 1 N–H and O–H groups in total. The van der Waals surface area contributed by atoms with E-state index < -0.39 is 12.0 Å². The molecule has 104 valence electrons. The number of pyridine rings is 1. The van der Waals surface area contributed by atoms with E-state index in [1.807, 2.05) is 6.92 Å². The van der Waals surface area contributed by atoms with Gasteiger partial charge in [-0.15, -0.1) is 0 Å². The van der Waals surface area contributed by atoms with Gasteiger partial charge < -0.3 is 10.1 Å². The highest BCUT2D eigenvalue weighted by Gasteiger charge is 2.21. The molecule has 0 aliphatic carbocycles. The largest absolute Gasteiger partial charge is 0.452 e. The van der Waals surface area contributed by atoms with Crippen LogP contribution < -0.4 is 5.32 Å². The van der Waals surface area contributed by atoms with Gasteiger partial charge in [0, 0.05) is 6.20 Å². The lowest BCUT2D eigenvalue weighted by atomic mass is 10.1. The molecule has 2 atom stereocenters. The molecule has 0 spiro atoms. The summed E-state index contributed by atoms with van der Waals surface area (Å²) in [6.45, 7) is 5.16. The molecule has 19 heavy (non-hydrogen) atoms. The average molecular weight is 285 g/mol. The maximum atomic E-state index is 11.8. The number of amides is 1. The predicted octanol–water partition coefficient (Wildman–Crippen LogP) is 2.65. The van der Waals surface area contributed by atoms with Crippen LogP contribution in [0, 0.1) is 5.92 Å². The number of carbonyl (C=O) groups excluding carboxylic acids is 2. The fraction of sp³-hybridized carbons (Fsp3) is 0.462. The molecule has 1 aromatic rings. The van der Waals surface area contributed by atoms with E-state index in [1.165, 1.54) is 13.1 Å². The molecule has 5 nitrogen and oxygen atoms in total. The van der Waals surface area contributed by atoms with Gasteiger partial charge in [0.1, 0.15) is 5.82 Å². The normalized spacial score (nSPS) is 13.5. The Morgan fingerprint density at radius 1 is 1.42 bits per heavy atom. The third kappa shape index (κ3) is 4.87. The van der Waals surface area contributed by atoms with Crippen LogP contribution in [-0.2, 0) is 14.3 Å². The summed E-state index contributed by atoms with van der Waals surface area (Å²) in [5.74, 6) is -0.662. The van der Waals surface area contributed by atoms with Crippen molar-refractivity contribution in [1.29, 1.82) is 0 Å². The molecule has 0 fully saturated rings. The van der Waals surface area contributed by atoms with E-state index in [0.29, 0.717) is 17.3 Å². The van der Waals surface area contributed by atoms with Crippen LogP contribution in [-0.4, -0.2) is 23.0 Å². The van der Waals surface area contributed by atoms with E-state index in [0.717, 1.165) is 0 Å². The number of nitrogens with zero attached hydrogens (tertiary/aromatic N) is 1. The van der Waals surface area contributed by atoms with E-state index in [2.05, 4.69) is 10.3 Å². The Morgan fingerprint density at radius 2 is 2.11 bits per heavy atom. The zero-order valence-corrected chi connectivity index (χ0v) is 11.9. The molecule has 0 radical (unpaired) electrons. The Bertz CT molecular complexity index is 448. The third-order valence-corrected chi connectivity index (χ3v) is 2.88. The van der Waals surface area contributed by atoms with Crippen LogP contribution in [0.4, 0.5) is 5.82 Å². The van der Waals surface area contributed by atoms with Crippen LogP contribution >= 0.6 is 11.6 Å². The van der Waals surface area contributed by atoms with E-state index in [9.17, 15) is 9.59 Å². The number of rotatable bonds is 5. The van der Waals surface area contributed by atoms with Crippen molar-refractivity contribution < 1.29 is 14.3 Å². The zero-order chi connectivity index (χ0) is 14.4. The van der Waals surface area contributed by atoms with Gasteiger partial charge in [0.05, 0.1) is 10.9 Å². The minimum atomic E-state index is -0.862. The third-order valence-electron chi connectivity index (χ3n) is 2.66. The monoisotopic (exact) mass is 284 g/mol. The Balaban J connectivity index is 2.53. The van der Waals surface area contributed by atoms with Gasteiger partial charge in [-0.25, -0.2) is 4.98 Å². The summed E-state index contributed by atoms with van der Waals surface area (Å²) in [4.78, 5) is 27.3. The molecule has 0 bridgehead atoms. The van der Waals surface area contributed by atoms with Crippen molar-refractivity contribution in [2.24, 2.45) is 5.92 Å². The standard InChI is InChI=1S/C13H17ClN2O3/c1-4-8(2)13(18)19-9(3)12(17)16-11-6-5-10(14)7-15-11/h5-9H,4H2,1-3H3,(H,15,16,17)/t8-,9+/m1/s1. The van der Waals surface area contributed by atoms with Gasteiger partial charge in [-0.1, -0.05) is 25.4 Å². The molecule has 0 aromatic carbocycles. The van der Waals surface area contributed by atoms with Gasteiger partial charge in [-0.05, 0) is 25.5 Å². The summed E-state index contributed by atoms with van der Waals surface area (Å²) in [5.41, 5.74) is 0. The maximum Gasteiger partial charge on any atom is 0.309 e. The van der Waals surface area contributed by atoms with Crippen LogP contribution in [0.25, 0.3) is 0 Å². The number of nitrogens with one attached hydrogen (secondary N) is 1. The summed E-state index contributed by atoms with van der Waals surface area (Å²) >= 11 is 5.69. The number of aromatic nitrogens is 1. The molecule has 1 aromatic heterocycles. The highest BCUT2D eigenvalue weighted by molar-refractivity contribution is 6.30. The number of anilines is 1. The van der Waals surface area contributed by atoms with Gasteiger partial charge in [0.15, 0.2) is 6.10 Å². The number of ether oxygens (including phenoxy) is 1. The second-order valence-electron chi connectivity index (χ2n) is 4.24. The highest BCUT2D eigenvalue weighted by atomic mass is 35.5. The first kappa shape index (κ1) is 15.4. The Labute approximate surface area is 117 Å². The lowest BCUT2D eigenvalue weighted by Gasteiger charge is -2.15. The molecule has 1 rings (SSSR count). The van der Waals surface area contributed by atoms with Crippen molar-refractivity contribution >= 4 is 29.3 Å². The lowest BCUT2D eigenvalue weighted by Crippen LogP contribution is -2.31. The molecular formula is C13H17ClN2O3. The topological polar surface area (TPSA) is 68.3 Å². The van der Waals surface area contributed by atoms with Gasteiger partial charge in [0.25, 0.3) is 5.91 Å². The fourth-order valence-electron chi connectivity index (χ4n) is 1.19. The van der Waals surface area contributed by atoms with Crippen LogP contribution in [0.2, 0.25) is 5.02 Å². The van der Waals surface area contributed by atoms with Crippen LogP contribution in [0.1, 0.15) is 27.2 Å². The second kappa shape index (κ2) is 7.09. The SMILES string of the molecule is CC[C@@H](C)C(=O)O[C@@H](C)C(=O)Nc1ccc(Cl)cn1. The molecule has 1 amide bonds. The predicted molar refractivity (Wildman–Crippen MR) is 72.9 cm³/mol. The summed E-state index contributed by atoms with van der Waals surface area (Å²) in [5, 5.41) is 3.03. The van der Waals surface area contributed by atoms with Crippen molar-refractivity contribution in [2.75, 3.05) is 5.32 Å². The quantitative estimate of drug-likeness (QED) is 0.844. The number of halogens is 1. The van der Waals surface area contributed by atoms with Gasteiger partial charge in [-0.2, -0.15) is 0 Å². The Morgan fingerprint density at radius 3 is 2.63 bits per heavy atom. The molecule has 0 aliphatic rings. The number of esters is 1. The minimum absolute atomic E-state index is 0.219. The zero-order valence-electron chi connectivity index (χ0n) is 11.1. The first-order chi connectivity index (χ1) is 8.93. The fourth-order valence-corrected chi connectivity index (χ4v) is 1.30. The van der Waals surface area contributed by atoms with Crippen molar-refractivity contribution in [3.63, 3.8) is 0 Å². The first-order valence-corrected chi connectivity index (χ1v) is 6.44. The molecule has 1 heterocycles. The van der Waals surface area contributed by atoms with Gasteiger partial charge >= 0.3 is 5.97 Å². The van der Waals surface area contributed by atoms with Crippen LogP contribution in [0.3, 0.4) is 0 Å². The average Bonchev–Trinajstić information content (AvgIpc) is 2.40. The maximum absolute atomic E-state index is 11.8. The highest BCUT2D eigenvalue weighted by Crippen LogP contribution is 2.11. The van der Waals surface area contributed by atoms with Crippen molar-refractivity contribution in [3.05, 3.63) is 23.4 Å². The van der Waals surface area contributed by atoms with Crippen molar-refractivity contribution in [3.8, 4) is 0 Å².